The second kappa shape index (κ2) is 10.6. The summed E-state index contributed by atoms with van der Waals surface area (Å²) in [4.78, 5) is 44.3. The van der Waals surface area contributed by atoms with Crippen LogP contribution < -0.4 is 10.2 Å². The molecule has 1 fully saturated rings. The number of carbonyl (C=O) groups excluding carboxylic acids is 3. The van der Waals surface area contributed by atoms with E-state index in [9.17, 15) is 14.4 Å². The summed E-state index contributed by atoms with van der Waals surface area (Å²) in [6.07, 6.45) is 2.02. The average Bonchev–Trinajstić information content (AvgIpc) is 3.11. The van der Waals surface area contributed by atoms with Crippen molar-refractivity contribution in [2.75, 3.05) is 39.2 Å². The summed E-state index contributed by atoms with van der Waals surface area (Å²) >= 11 is 0. The molecular formula is C25H34N4O4. The Morgan fingerprint density at radius 1 is 1.12 bits per heavy atom. The average molecular weight is 455 g/mol. The van der Waals surface area contributed by atoms with Crippen LogP contribution in [0.2, 0.25) is 0 Å². The minimum absolute atomic E-state index is 0.0371. The van der Waals surface area contributed by atoms with Gasteiger partial charge in [0.1, 0.15) is 5.69 Å². The van der Waals surface area contributed by atoms with Crippen LogP contribution in [0.4, 0.5) is 5.69 Å². The summed E-state index contributed by atoms with van der Waals surface area (Å²) in [5, 5.41) is 3.01. The van der Waals surface area contributed by atoms with Crippen LogP contribution in [-0.4, -0.2) is 62.0 Å². The van der Waals surface area contributed by atoms with Crippen LogP contribution >= 0.6 is 0 Å². The Bertz CT molecular complexity index is 1000. The van der Waals surface area contributed by atoms with E-state index in [0.717, 1.165) is 24.1 Å². The Kier molecular flexibility index (Phi) is 7.79. The van der Waals surface area contributed by atoms with Gasteiger partial charge in [0, 0.05) is 51.5 Å². The van der Waals surface area contributed by atoms with Crippen molar-refractivity contribution in [2.24, 2.45) is 5.92 Å². The van der Waals surface area contributed by atoms with Crippen LogP contribution in [0.5, 0.6) is 0 Å². The molecule has 178 valence electrons. The zero-order chi connectivity index (χ0) is 24.1. The Labute approximate surface area is 195 Å². The van der Waals surface area contributed by atoms with E-state index in [1.807, 2.05) is 43.3 Å². The maximum Gasteiger partial charge on any atom is 0.339 e. The number of benzene rings is 1. The van der Waals surface area contributed by atoms with E-state index in [1.165, 1.54) is 7.11 Å². The molecule has 2 aromatic rings. The van der Waals surface area contributed by atoms with Gasteiger partial charge in [0.15, 0.2) is 0 Å². The lowest BCUT2D eigenvalue weighted by atomic mass is 9.93. The first-order valence-electron chi connectivity index (χ1n) is 11.3. The predicted octanol–water partition coefficient (Wildman–Crippen LogP) is 3.04. The third-order valence-electron chi connectivity index (χ3n) is 6.36. The van der Waals surface area contributed by atoms with Crippen molar-refractivity contribution >= 4 is 23.5 Å². The molecule has 0 radical (unpaired) electrons. The molecule has 3 rings (SSSR count). The lowest BCUT2D eigenvalue weighted by Crippen LogP contribution is -2.40. The maximum atomic E-state index is 13.0. The molecule has 0 unspecified atom stereocenters. The van der Waals surface area contributed by atoms with Gasteiger partial charge >= 0.3 is 5.97 Å². The normalized spacial score (nSPS) is 14.2. The van der Waals surface area contributed by atoms with E-state index in [4.69, 9.17) is 4.74 Å². The number of aryl methyl sites for hydroxylation is 1. The molecule has 2 heterocycles. The van der Waals surface area contributed by atoms with E-state index in [-0.39, 0.29) is 17.7 Å². The smallest absolute Gasteiger partial charge is 0.339 e. The highest BCUT2D eigenvalue weighted by Crippen LogP contribution is 2.25. The fraction of sp³-hybridized carbons (Fsp3) is 0.480. The monoisotopic (exact) mass is 454 g/mol. The zero-order valence-electron chi connectivity index (χ0n) is 20.2. The second-order valence-corrected chi connectivity index (χ2v) is 8.89. The Balaban J connectivity index is 1.48. The van der Waals surface area contributed by atoms with Gasteiger partial charge in [-0.05, 0) is 55.9 Å². The molecule has 0 aliphatic carbocycles. The number of nitrogens with zero attached hydrogens (tertiary/aromatic N) is 2. The molecule has 8 heteroatoms. The first-order chi connectivity index (χ1) is 15.7. The summed E-state index contributed by atoms with van der Waals surface area (Å²) < 4.78 is 4.83. The molecule has 8 nitrogen and oxygen atoms in total. The summed E-state index contributed by atoms with van der Waals surface area (Å²) in [6.45, 7) is 5.21. The SMILES string of the molecule is COC(=O)c1c(C)[nH]c(C(=O)N2CCC(CC(=O)NCc3ccc(N(C)C)cc3)CC2)c1C. The molecule has 33 heavy (non-hydrogen) atoms. The van der Waals surface area contributed by atoms with Crippen molar-refractivity contribution in [1.29, 1.82) is 0 Å². The van der Waals surface area contributed by atoms with Crippen molar-refractivity contribution < 1.29 is 19.1 Å². The largest absolute Gasteiger partial charge is 0.465 e. The van der Waals surface area contributed by atoms with Crippen molar-refractivity contribution in [1.82, 2.24) is 15.2 Å². The molecule has 1 aromatic heterocycles. The van der Waals surface area contributed by atoms with Crippen LogP contribution in [0.25, 0.3) is 0 Å². The number of methoxy groups -OCH3 is 1. The van der Waals surface area contributed by atoms with Crippen LogP contribution in [-0.2, 0) is 16.1 Å². The number of amides is 2. The van der Waals surface area contributed by atoms with Gasteiger partial charge < -0.3 is 24.8 Å². The van der Waals surface area contributed by atoms with Gasteiger partial charge in [-0.2, -0.15) is 0 Å². The number of hydrogen-bond acceptors (Lipinski definition) is 5. The Morgan fingerprint density at radius 2 is 1.76 bits per heavy atom. The molecule has 1 saturated heterocycles. The van der Waals surface area contributed by atoms with Crippen LogP contribution in [0, 0.1) is 19.8 Å². The number of esters is 1. The fourth-order valence-corrected chi connectivity index (χ4v) is 4.32. The zero-order valence-corrected chi connectivity index (χ0v) is 20.2. The van der Waals surface area contributed by atoms with E-state index in [0.29, 0.717) is 48.6 Å². The van der Waals surface area contributed by atoms with Crippen molar-refractivity contribution in [2.45, 2.75) is 39.7 Å². The molecule has 0 bridgehead atoms. The third kappa shape index (κ3) is 5.74. The number of piperidine rings is 1. The summed E-state index contributed by atoms with van der Waals surface area (Å²) in [5.41, 5.74) is 4.29. The van der Waals surface area contributed by atoms with E-state index < -0.39 is 5.97 Å². The molecule has 1 aliphatic rings. The second-order valence-electron chi connectivity index (χ2n) is 8.89. The highest BCUT2D eigenvalue weighted by Gasteiger charge is 2.29. The lowest BCUT2D eigenvalue weighted by molar-refractivity contribution is -0.122. The van der Waals surface area contributed by atoms with Crippen molar-refractivity contribution in [3.8, 4) is 0 Å². The van der Waals surface area contributed by atoms with Crippen molar-refractivity contribution in [3.63, 3.8) is 0 Å². The minimum Gasteiger partial charge on any atom is -0.465 e. The third-order valence-corrected chi connectivity index (χ3v) is 6.36. The molecule has 2 N–H and O–H groups in total. The fourth-order valence-electron chi connectivity index (χ4n) is 4.32. The minimum atomic E-state index is -0.446. The Hall–Kier alpha value is -3.29. The van der Waals surface area contributed by atoms with Gasteiger partial charge in [-0.15, -0.1) is 0 Å². The number of ether oxygens (including phenoxy) is 1. The first-order valence-corrected chi connectivity index (χ1v) is 11.3. The number of likely N-dealkylation sites (tertiary alicyclic amines) is 1. The van der Waals surface area contributed by atoms with Gasteiger partial charge in [0.25, 0.3) is 5.91 Å². The maximum absolute atomic E-state index is 13.0. The summed E-state index contributed by atoms with van der Waals surface area (Å²) in [5.74, 6) is -0.272. The molecule has 1 aliphatic heterocycles. The standard InChI is InChI=1S/C25H34N4O4/c1-16-22(25(32)33-5)17(2)27-23(16)24(31)29-12-10-18(11-13-29)14-21(30)26-15-19-6-8-20(9-7-19)28(3)4/h6-9,18,27H,10-15H2,1-5H3,(H,26,30). The van der Waals surface area contributed by atoms with Gasteiger partial charge in [-0.1, -0.05) is 12.1 Å². The van der Waals surface area contributed by atoms with Crippen molar-refractivity contribution in [3.05, 3.63) is 52.3 Å². The van der Waals surface area contributed by atoms with Crippen LogP contribution in [0.15, 0.2) is 24.3 Å². The highest BCUT2D eigenvalue weighted by molar-refractivity contribution is 6.00. The quantitative estimate of drug-likeness (QED) is 0.627. The molecule has 0 spiro atoms. The number of rotatable bonds is 7. The molecule has 0 saturated carbocycles. The molecule has 0 atom stereocenters. The first kappa shape index (κ1) is 24.4. The van der Waals surface area contributed by atoms with Crippen LogP contribution in [0.1, 0.15) is 56.9 Å². The van der Waals surface area contributed by atoms with E-state index >= 15 is 0 Å². The van der Waals surface area contributed by atoms with Gasteiger partial charge in [-0.25, -0.2) is 4.79 Å². The van der Waals surface area contributed by atoms with Gasteiger partial charge in [0.2, 0.25) is 5.91 Å². The number of aromatic amines is 1. The number of carbonyl (C=O) groups is 3. The lowest BCUT2D eigenvalue weighted by Gasteiger charge is -2.31. The number of aromatic nitrogens is 1. The molecule has 2 amide bonds. The Morgan fingerprint density at radius 3 is 2.33 bits per heavy atom. The predicted molar refractivity (Wildman–Crippen MR) is 127 cm³/mol. The van der Waals surface area contributed by atoms with E-state index in [2.05, 4.69) is 10.3 Å². The van der Waals surface area contributed by atoms with Gasteiger partial charge in [0.05, 0.1) is 12.7 Å². The number of nitrogens with one attached hydrogen (secondary N) is 2. The highest BCUT2D eigenvalue weighted by atomic mass is 16.5. The summed E-state index contributed by atoms with van der Waals surface area (Å²) in [6, 6.07) is 8.12. The summed E-state index contributed by atoms with van der Waals surface area (Å²) in [7, 11) is 5.32. The number of anilines is 1. The number of H-pyrrole nitrogens is 1. The number of hydrogen-bond donors (Lipinski definition) is 2. The van der Waals surface area contributed by atoms with Crippen LogP contribution in [0.3, 0.4) is 0 Å². The van der Waals surface area contributed by atoms with E-state index in [1.54, 1.807) is 18.7 Å². The van der Waals surface area contributed by atoms with Gasteiger partial charge in [-0.3, -0.25) is 9.59 Å². The topological polar surface area (TPSA) is 94.7 Å². The molecular weight excluding hydrogens is 420 g/mol. The molecule has 1 aromatic carbocycles.